The molecule has 0 aliphatic rings. The van der Waals surface area contributed by atoms with Gasteiger partial charge in [0.2, 0.25) is 0 Å². The second kappa shape index (κ2) is 3.73. The molecule has 2 radical (unpaired) electrons. The van der Waals surface area contributed by atoms with Crippen molar-refractivity contribution < 1.29 is 4.79 Å². The van der Waals surface area contributed by atoms with Crippen LogP contribution in [0, 0.1) is 0 Å². The Hall–Kier alpha value is -0.351. The molecule has 0 aliphatic heterocycles. The SMILES string of the molecule is [NH2][Sn][C](=O)c1ccccc1. The van der Waals surface area contributed by atoms with Gasteiger partial charge in [-0.25, -0.2) is 0 Å². The maximum absolute atomic E-state index is 11.0. The van der Waals surface area contributed by atoms with Gasteiger partial charge in [0.25, 0.3) is 0 Å². The van der Waals surface area contributed by atoms with Crippen molar-refractivity contribution in [3.63, 3.8) is 0 Å². The second-order valence-corrected chi connectivity index (χ2v) is 3.96. The number of hydrogen-bond donors (Lipinski definition) is 1. The molecule has 2 nitrogen and oxygen atoms in total. The molecular formula is C7H7NOSn. The zero-order valence-corrected chi connectivity index (χ0v) is 8.23. The number of nitrogens with two attached hydrogens (primary N) is 1. The fraction of sp³-hybridized carbons (Fsp3) is 0. The normalized spacial score (nSPS) is 9.30. The Bertz CT molecular complexity index is 222. The summed E-state index contributed by atoms with van der Waals surface area (Å²) in [6.07, 6.45) is 0. The van der Waals surface area contributed by atoms with E-state index >= 15 is 0 Å². The van der Waals surface area contributed by atoms with E-state index in [0.717, 1.165) is 5.56 Å². The predicted octanol–water partition coefficient (Wildman–Crippen LogP) is 0.405. The second-order valence-electron chi connectivity index (χ2n) is 1.84. The summed E-state index contributed by atoms with van der Waals surface area (Å²) >= 11 is -1.24. The molecule has 0 bridgehead atoms. The average molecular weight is 240 g/mol. The third kappa shape index (κ3) is 1.82. The van der Waals surface area contributed by atoms with E-state index in [2.05, 4.69) is 0 Å². The number of carbonyl (C=O) groups is 1. The molecule has 0 spiro atoms. The average Bonchev–Trinajstić information content (AvgIpc) is 2.05. The van der Waals surface area contributed by atoms with Crippen molar-refractivity contribution in [3.8, 4) is 0 Å². The van der Waals surface area contributed by atoms with Gasteiger partial charge in [-0.3, -0.25) is 0 Å². The predicted molar refractivity (Wildman–Crippen MR) is 40.7 cm³/mol. The molecule has 1 aromatic carbocycles. The quantitative estimate of drug-likeness (QED) is 0.760. The van der Waals surface area contributed by atoms with Crippen molar-refractivity contribution in [1.29, 1.82) is 0 Å². The molecule has 3 heteroatoms. The molecule has 0 saturated heterocycles. The number of hydrogen-bond acceptors (Lipinski definition) is 2. The maximum atomic E-state index is 11.0. The van der Waals surface area contributed by atoms with Gasteiger partial charge in [0, 0.05) is 0 Å². The van der Waals surface area contributed by atoms with Crippen LogP contribution in [0.25, 0.3) is 0 Å². The van der Waals surface area contributed by atoms with Gasteiger partial charge in [-0.05, 0) is 0 Å². The summed E-state index contributed by atoms with van der Waals surface area (Å²) in [4.78, 5) is 11.0. The van der Waals surface area contributed by atoms with Gasteiger partial charge >= 0.3 is 69.9 Å². The summed E-state index contributed by atoms with van der Waals surface area (Å²) in [6.45, 7) is 0. The van der Waals surface area contributed by atoms with Gasteiger partial charge < -0.3 is 0 Å². The minimum absolute atomic E-state index is 0.157. The first kappa shape index (κ1) is 7.75. The monoisotopic (exact) mass is 241 g/mol. The molecule has 1 rings (SSSR count). The van der Waals surface area contributed by atoms with Crippen LogP contribution in [0.15, 0.2) is 30.3 Å². The Kier molecular flexibility index (Phi) is 2.89. The number of carbonyl (C=O) groups excluding carboxylic acids is 1. The molecule has 0 unspecified atom stereocenters. The van der Waals surface area contributed by atoms with Crippen LogP contribution in [0.3, 0.4) is 0 Å². The van der Waals surface area contributed by atoms with Crippen LogP contribution in [-0.4, -0.2) is 25.2 Å². The van der Waals surface area contributed by atoms with Crippen LogP contribution in [0.5, 0.6) is 0 Å². The molecule has 1 aromatic rings. The Balaban J connectivity index is 2.85. The first-order valence-electron chi connectivity index (χ1n) is 2.90. The standard InChI is InChI=1S/C7H5O.H2N.Sn/c8-6-7-4-2-1-3-5-7;;/h1-5H;1H2;/q;-1;+1. The number of benzene rings is 1. The van der Waals surface area contributed by atoms with Crippen molar-refractivity contribution in [1.82, 2.24) is 0 Å². The zero-order valence-electron chi connectivity index (χ0n) is 5.37. The van der Waals surface area contributed by atoms with Crippen LogP contribution >= 0.6 is 0 Å². The summed E-state index contributed by atoms with van der Waals surface area (Å²) in [7, 11) is 0. The van der Waals surface area contributed by atoms with Crippen LogP contribution < -0.4 is 3.96 Å². The summed E-state index contributed by atoms with van der Waals surface area (Å²) in [5.41, 5.74) is 0.761. The molecule has 0 heterocycles. The van der Waals surface area contributed by atoms with Crippen molar-refractivity contribution in [2.24, 2.45) is 3.96 Å². The van der Waals surface area contributed by atoms with E-state index in [1.54, 1.807) is 12.1 Å². The molecule has 0 amide bonds. The molecule has 0 fully saturated rings. The number of rotatable bonds is 2. The molecule has 0 aliphatic carbocycles. The van der Waals surface area contributed by atoms with E-state index in [1.807, 2.05) is 18.2 Å². The third-order valence-corrected chi connectivity index (χ3v) is 2.74. The van der Waals surface area contributed by atoms with Gasteiger partial charge in [0.1, 0.15) is 0 Å². The van der Waals surface area contributed by atoms with Gasteiger partial charge in [0.05, 0.1) is 0 Å². The summed E-state index contributed by atoms with van der Waals surface area (Å²) in [5, 5.41) is 0. The Morgan fingerprint density at radius 2 is 1.90 bits per heavy atom. The van der Waals surface area contributed by atoms with E-state index in [4.69, 9.17) is 3.96 Å². The molecular weight excluding hydrogens is 233 g/mol. The fourth-order valence-corrected chi connectivity index (χ4v) is 1.62. The molecule has 0 atom stereocenters. The minimum atomic E-state index is -1.24. The van der Waals surface area contributed by atoms with Crippen molar-refractivity contribution in [2.75, 3.05) is 0 Å². The Morgan fingerprint density at radius 1 is 1.30 bits per heavy atom. The fourth-order valence-electron chi connectivity index (χ4n) is 0.673. The zero-order chi connectivity index (χ0) is 7.40. The van der Waals surface area contributed by atoms with Gasteiger partial charge in [-0.2, -0.15) is 0 Å². The van der Waals surface area contributed by atoms with Crippen molar-refractivity contribution in [3.05, 3.63) is 35.9 Å². The summed E-state index contributed by atoms with van der Waals surface area (Å²) < 4.78 is 5.48. The Morgan fingerprint density at radius 3 is 2.40 bits per heavy atom. The molecule has 0 saturated carbocycles. The van der Waals surface area contributed by atoms with Crippen LogP contribution in [0.2, 0.25) is 0 Å². The van der Waals surface area contributed by atoms with Crippen LogP contribution in [0.4, 0.5) is 0 Å². The summed E-state index contributed by atoms with van der Waals surface area (Å²) in [5.74, 6) is 0. The Labute approximate surface area is 70.0 Å². The third-order valence-electron chi connectivity index (χ3n) is 1.17. The molecule has 50 valence electrons. The first-order valence-corrected chi connectivity index (χ1v) is 5.98. The van der Waals surface area contributed by atoms with E-state index in [-0.39, 0.29) is 3.80 Å². The van der Waals surface area contributed by atoms with Crippen molar-refractivity contribution >= 4 is 25.2 Å². The molecule has 2 N–H and O–H groups in total. The molecule has 10 heavy (non-hydrogen) atoms. The van der Waals surface area contributed by atoms with Gasteiger partial charge in [-0.1, -0.05) is 0 Å². The first-order chi connectivity index (χ1) is 4.84. The van der Waals surface area contributed by atoms with E-state index < -0.39 is 21.4 Å². The van der Waals surface area contributed by atoms with Gasteiger partial charge in [-0.15, -0.1) is 0 Å². The van der Waals surface area contributed by atoms with E-state index in [1.165, 1.54) is 0 Å². The van der Waals surface area contributed by atoms with Crippen LogP contribution in [-0.2, 0) is 0 Å². The van der Waals surface area contributed by atoms with Crippen molar-refractivity contribution in [2.45, 2.75) is 0 Å². The van der Waals surface area contributed by atoms with E-state index in [0.29, 0.717) is 0 Å². The van der Waals surface area contributed by atoms with E-state index in [9.17, 15) is 4.79 Å². The van der Waals surface area contributed by atoms with Gasteiger partial charge in [0.15, 0.2) is 0 Å². The molecule has 0 aromatic heterocycles. The van der Waals surface area contributed by atoms with Crippen LogP contribution in [0.1, 0.15) is 10.4 Å². The topological polar surface area (TPSA) is 43.1 Å². The summed E-state index contributed by atoms with van der Waals surface area (Å²) in [6, 6.07) is 9.19.